The molecule has 0 unspecified atom stereocenters. The van der Waals surface area contributed by atoms with Crippen LogP contribution >= 0.6 is 0 Å². The van der Waals surface area contributed by atoms with E-state index in [0.717, 1.165) is 0 Å². The first-order valence-electron chi connectivity index (χ1n) is 3.99. The minimum Gasteiger partial charge on any atom is -0.268 e. The largest absolute Gasteiger partial charge is 0.268 e. The summed E-state index contributed by atoms with van der Waals surface area (Å²) in [4.78, 5) is 8.25. The number of aliphatic imine (C=N–C) groups is 2. The summed E-state index contributed by atoms with van der Waals surface area (Å²) in [7, 11) is 0. The van der Waals surface area contributed by atoms with Gasteiger partial charge >= 0.3 is 0 Å². The van der Waals surface area contributed by atoms with Crippen LogP contribution in [0.1, 0.15) is 34.6 Å². The molecule has 0 atom stereocenters. The van der Waals surface area contributed by atoms with Crippen molar-refractivity contribution < 1.29 is 0 Å². The Morgan fingerprint density at radius 1 is 1.18 bits per heavy atom. The fraction of sp³-hybridized carbons (Fsp3) is 0.778. The lowest BCUT2D eigenvalue weighted by molar-refractivity contribution is 0.586. The Hall–Kier alpha value is -0.660. The van der Waals surface area contributed by atoms with E-state index in [1.54, 1.807) is 6.34 Å². The van der Waals surface area contributed by atoms with Crippen LogP contribution in [0.15, 0.2) is 9.98 Å². The quantitative estimate of drug-likeness (QED) is 0.431. The average molecular weight is 154 g/mol. The van der Waals surface area contributed by atoms with Gasteiger partial charge in [-0.1, -0.05) is 13.8 Å². The first-order chi connectivity index (χ1) is 4.92. The summed E-state index contributed by atoms with van der Waals surface area (Å²) < 4.78 is 0. The molecular weight excluding hydrogens is 136 g/mol. The molecule has 0 rings (SSSR count). The van der Waals surface area contributed by atoms with Gasteiger partial charge in [0, 0.05) is 6.21 Å². The SMILES string of the molecule is CC(C)C=NC=NC(C)(C)C. The van der Waals surface area contributed by atoms with Crippen LogP contribution in [-0.2, 0) is 0 Å². The van der Waals surface area contributed by atoms with Crippen molar-refractivity contribution in [3.05, 3.63) is 0 Å². The summed E-state index contributed by atoms with van der Waals surface area (Å²) >= 11 is 0. The molecule has 0 bridgehead atoms. The Kier molecular flexibility index (Phi) is 4.01. The van der Waals surface area contributed by atoms with Crippen LogP contribution in [0.3, 0.4) is 0 Å². The molecule has 0 aromatic heterocycles. The van der Waals surface area contributed by atoms with E-state index in [1.807, 2.05) is 27.0 Å². The molecule has 0 aliphatic heterocycles. The van der Waals surface area contributed by atoms with Crippen LogP contribution < -0.4 is 0 Å². The maximum absolute atomic E-state index is 4.21. The van der Waals surface area contributed by atoms with E-state index in [2.05, 4.69) is 23.8 Å². The molecule has 2 nitrogen and oxygen atoms in total. The predicted octanol–water partition coefficient (Wildman–Crippen LogP) is 2.54. The van der Waals surface area contributed by atoms with Crippen LogP contribution in [0.4, 0.5) is 0 Å². The number of nitrogens with zero attached hydrogens (tertiary/aromatic N) is 2. The van der Waals surface area contributed by atoms with E-state index in [0.29, 0.717) is 5.92 Å². The van der Waals surface area contributed by atoms with Crippen molar-refractivity contribution in [2.24, 2.45) is 15.9 Å². The minimum absolute atomic E-state index is 0.00564. The second-order valence-electron chi connectivity index (χ2n) is 3.96. The zero-order valence-corrected chi connectivity index (χ0v) is 8.13. The first-order valence-corrected chi connectivity index (χ1v) is 3.99. The van der Waals surface area contributed by atoms with Gasteiger partial charge in [0.2, 0.25) is 0 Å². The molecule has 2 heteroatoms. The fourth-order valence-corrected chi connectivity index (χ4v) is 0.417. The molecule has 0 saturated heterocycles. The van der Waals surface area contributed by atoms with E-state index in [4.69, 9.17) is 0 Å². The van der Waals surface area contributed by atoms with Crippen molar-refractivity contribution in [3.63, 3.8) is 0 Å². The zero-order valence-electron chi connectivity index (χ0n) is 8.13. The van der Waals surface area contributed by atoms with Gasteiger partial charge in [-0.15, -0.1) is 0 Å². The minimum atomic E-state index is -0.00564. The lowest BCUT2D eigenvalue weighted by Crippen LogP contribution is -2.08. The Morgan fingerprint density at radius 3 is 2.09 bits per heavy atom. The molecule has 0 aliphatic rings. The lowest BCUT2D eigenvalue weighted by atomic mass is 10.1. The van der Waals surface area contributed by atoms with Crippen LogP contribution in [0.5, 0.6) is 0 Å². The monoisotopic (exact) mass is 154 g/mol. The highest BCUT2D eigenvalue weighted by Gasteiger charge is 2.03. The standard InChI is InChI=1S/C9H18N2/c1-8(2)6-10-7-11-9(3,4)5/h6-8H,1-5H3. The van der Waals surface area contributed by atoms with Gasteiger partial charge in [-0.3, -0.25) is 4.99 Å². The van der Waals surface area contributed by atoms with Crippen LogP contribution in [0.25, 0.3) is 0 Å². The molecule has 0 aromatic rings. The van der Waals surface area contributed by atoms with Gasteiger partial charge in [-0.25, -0.2) is 4.99 Å². The van der Waals surface area contributed by atoms with Gasteiger partial charge in [0.25, 0.3) is 0 Å². The van der Waals surface area contributed by atoms with Crippen molar-refractivity contribution >= 4 is 12.6 Å². The third-order valence-electron chi connectivity index (χ3n) is 0.896. The van der Waals surface area contributed by atoms with E-state index in [-0.39, 0.29) is 5.54 Å². The fourth-order valence-electron chi connectivity index (χ4n) is 0.417. The Bertz CT molecular complexity index is 149. The van der Waals surface area contributed by atoms with Crippen molar-refractivity contribution in [3.8, 4) is 0 Å². The molecule has 0 amide bonds. The van der Waals surface area contributed by atoms with E-state index in [9.17, 15) is 0 Å². The van der Waals surface area contributed by atoms with Gasteiger partial charge < -0.3 is 0 Å². The summed E-state index contributed by atoms with van der Waals surface area (Å²) in [5, 5.41) is 0. The normalized spacial score (nSPS) is 14.0. The summed E-state index contributed by atoms with van der Waals surface area (Å²) in [6.45, 7) is 10.3. The number of hydrogen-bond acceptors (Lipinski definition) is 1. The van der Waals surface area contributed by atoms with Gasteiger partial charge in [-0.2, -0.15) is 0 Å². The van der Waals surface area contributed by atoms with Crippen LogP contribution in [-0.4, -0.2) is 18.1 Å². The molecular formula is C9H18N2. The van der Waals surface area contributed by atoms with Gasteiger partial charge in [0.1, 0.15) is 6.34 Å². The molecule has 0 N–H and O–H groups in total. The van der Waals surface area contributed by atoms with E-state index in [1.165, 1.54) is 0 Å². The second kappa shape index (κ2) is 4.27. The molecule has 64 valence electrons. The highest BCUT2D eigenvalue weighted by molar-refractivity contribution is 5.73. The predicted molar refractivity (Wildman–Crippen MR) is 51.6 cm³/mol. The number of hydrogen-bond donors (Lipinski definition) is 0. The summed E-state index contributed by atoms with van der Waals surface area (Å²) in [5.41, 5.74) is -0.00564. The third-order valence-corrected chi connectivity index (χ3v) is 0.896. The van der Waals surface area contributed by atoms with E-state index >= 15 is 0 Å². The van der Waals surface area contributed by atoms with Crippen LogP contribution in [0, 0.1) is 5.92 Å². The lowest BCUT2D eigenvalue weighted by Gasteiger charge is -2.08. The topological polar surface area (TPSA) is 24.7 Å². The molecule has 0 heterocycles. The van der Waals surface area contributed by atoms with E-state index < -0.39 is 0 Å². The summed E-state index contributed by atoms with van der Waals surface area (Å²) in [6, 6.07) is 0. The van der Waals surface area contributed by atoms with Crippen molar-refractivity contribution in [2.45, 2.75) is 40.2 Å². The molecule has 0 aliphatic carbocycles. The molecule has 11 heavy (non-hydrogen) atoms. The third kappa shape index (κ3) is 9.34. The molecule has 0 radical (unpaired) electrons. The van der Waals surface area contributed by atoms with Gasteiger partial charge in [-0.05, 0) is 26.7 Å². The Morgan fingerprint density at radius 2 is 1.73 bits per heavy atom. The average Bonchev–Trinajstić information content (AvgIpc) is 1.78. The Labute approximate surface area is 69.4 Å². The number of rotatable bonds is 2. The molecule has 0 fully saturated rings. The maximum atomic E-state index is 4.21. The van der Waals surface area contributed by atoms with Crippen molar-refractivity contribution in [2.75, 3.05) is 0 Å². The molecule has 0 spiro atoms. The van der Waals surface area contributed by atoms with Crippen molar-refractivity contribution in [1.29, 1.82) is 0 Å². The highest BCUT2D eigenvalue weighted by Crippen LogP contribution is 2.04. The summed E-state index contributed by atoms with van der Waals surface area (Å²) in [5.74, 6) is 0.501. The van der Waals surface area contributed by atoms with Crippen LogP contribution in [0.2, 0.25) is 0 Å². The maximum Gasteiger partial charge on any atom is 0.110 e. The molecule has 0 aromatic carbocycles. The van der Waals surface area contributed by atoms with Crippen molar-refractivity contribution in [1.82, 2.24) is 0 Å². The molecule has 0 saturated carbocycles. The zero-order chi connectivity index (χ0) is 8.91. The first kappa shape index (κ1) is 10.3. The van der Waals surface area contributed by atoms with Gasteiger partial charge in [0.05, 0.1) is 5.54 Å². The highest BCUT2D eigenvalue weighted by atomic mass is 14.9. The van der Waals surface area contributed by atoms with Gasteiger partial charge in [0.15, 0.2) is 0 Å². The summed E-state index contributed by atoms with van der Waals surface area (Å²) in [6.07, 6.45) is 3.51. The smallest absolute Gasteiger partial charge is 0.110 e. The second-order valence-corrected chi connectivity index (χ2v) is 3.96. The Balaban J connectivity index is 3.78.